The molecule has 0 aliphatic carbocycles. The summed E-state index contributed by atoms with van der Waals surface area (Å²) in [6.45, 7) is 1.21. The van der Waals surface area contributed by atoms with Crippen molar-refractivity contribution >= 4 is 5.91 Å². The molecule has 0 radical (unpaired) electrons. The molecule has 4 nitrogen and oxygen atoms in total. The Morgan fingerprint density at radius 3 is 2.26 bits per heavy atom. The van der Waals surface area contributed by atoms with Crippen LogP contribution in [0, 0.1) is 0 Å². The molecule has 0 fully saturated rings. The van der Waals surface area contributed by atoms with Crippen LogP contribution in [-0.2, 0) is 19.5 Å². The van der Waals surface area contributed by atoms with Crippen LogP contribution < -0.4 is 4.57 Å². The number of nitrogens with zero attached hydrogens (tertiary/aromatic N) is 2. The van der Waals surface area contributed by atoms with Gasteiger partial charge in [0.2, 0.25) is 5.69 Å². The normalized spacial score (nSPS) is 14.3. The fourth-order valence-corrected chi connectivity index (χ4v) is 3.73. The zero-order valence-corrected chi connectivity index (χ0v) is 15.2. The van der Waals surface area contributed by atoms with Crippen molar-refractivity contribution in [3.05, 3.63) is 101 Å². The Morgan fingerprint density at radius 1 is 0.926 bits per heavy atom. The van der Waals surface area contributed by atoms with Crippen LogP contribution in [0.25, 0.3) is 0 Å². The van der Waals surface area contributed by atoms with Crippen molar-refractivity contribution < 1.29 is 14.5 Å². The molecule has 1 aliphatic heterocycles. The van der Waals surface area contributed by atoms with Crippen molar-refractivity contribution in [2.75, 3.05) is 6.61 Å². The van der Waals surface area contributed by atoms with Crippen LogP contribution in [0.2, 0.25) is 0 Å². The van der Waals surface area contributed by atoms with E-state index in [0.717, 1.165) is 23.4 Å². The zero-order valence-electron chi connectivity index (χ0n) is 15.2. The number of rotatable bonds is 6. The lowest BCUT2D eigenvalue weighted by Gasteiger charge is -2.25. The fourth-order valence-electron chi connectivity index (χ4n) is 3.73. The maximum Gasteiger partial charge on any atom is 0.261 e. The molecule has 2 heterocycles. The third kappa shape index (κ3) is 3.62. The summed E-state index contributed by atoms with van der Waals surface area (Å²) in [6, 6.07) is 23.8. The number of benzene rings is 2. The number of aliphatic hydroxyl groups is 1. The Bertz CT molecular complexity index is 926. The largest absolute Gasteiger partial charge is 0.394 e. The van der Waals surface area contributed by atoms with E-state index in [1.165, 1.54) is 5.56 Å². The van der Waals surface area contributed by atoms with Gasteiger partial charge in [-0.2, -0.15) is 4.57 Å². The second-order valence-corrected chi connectivity index (χ2v) is 6.94. The lowest BCUT2D eigenvalue weighted by atomic mass is 10.1. The Labute approximate surface area is 159 Å². The summed E-state index contributed by atoms with van der Waals surface area (Å²) in [5.74, 6) is 0.00222. The number of hydrogen-bond donors (Lipinski definition) is 1. The van der Waals surface area contributed by atoms with Gasteiger partial charge in [0.25, 0.3) is 5.91 Å². The first-order chi connectivity index (χ1) is 13.3. The van der Waals surface area contributed by atoms with Gasteiger partial charge in [0.05, 0.1) is 12.6 Å². The predicted molar refractivity (Wildman–Crippen MR) is 103 cm³/mol. The highest BCUT2D eigenvalue weighted by molar-refractivity contribution is 5.97. The number of carbonyl (C=O) groups is 1. The van der Waals surface area contributed by atoms with Gasteiger partial charge in [-0.3, -0.25) is 4.79 Å². The van der Waals surface area contributed by atoms with E-state index in [9.17, 15) is 9.90 Å². The quantitative estimate of drug-likeness (QED) is 0.688. The highest BCUT2D eigenvalue weighted by Crippen LogP contribution is 2.23. The lowest BCUT2D eigenvalue weighted by Crippen LogP contribution is -2.42. The monoisotopic (exact) mass is 359 g/mol. The molecule has 27 heavy (non-hydrogen) atoms. The molecule has 1 atom stereocenters. The lowest BCUT2D eigenvalue weighted by molar-refractivity contribution is -0.696. The SMILES string of the molecule is O=C1c2ccc[n+](Cc3ccccc3)c2CN1C(CO)Cc1ccccc1. The minimum atomic E-state index is -0.225. The van der Waals surface area contributed by atoms with Gasteiger partial charge in [0, 0.05) is 11.6 Å². The molecule has 0 saturated carbocycles. The van der Waals surface area contributed by atoms with Gasteiger partial charge < -0.3 is 10.0 Å². The van der Waals surface area contributed by atoms with Crippen LogP contribution in [0.1, 0.15) is 27.2 Å². The molecule has 1 aliphatic rings. The molecule has 1 unspecified atom stereocenters. The van der Waals surface area contributed by atoms with Crippen LogP contribution in [0.15, 0.2) is 79.0 Å². The van der Waals surface area contributed by atoms with E-state index in [2.05, 4.69) is 16.7 Å². The predicted octanol–water partition coefficient (Wildman–Crippen LogP) is 2.58. The Balaban J connectivity index is 1.58. The second-order valence-electron chi connectivity index (χ2n) is 6.94. The van der Waals surface area contributed by atoms with Crippen molar-refractivity contribution in [3.63, 3.8) is 0 Å². The summed E-state index contributed by atoms with van der Waals surface area (Å²) in [5.41, 5.74) is 4.07. The summed E-state index contributed by atoms with van der Waals surface area (Å²) >= 11 is 0. The standard InChI is InChI=1S/C23H23N2O2/c26-17-20(14-18-8-3-1-4-9-18)25-16-22-21(23(25)27)12-7-13-24(22)15-19-10-5-2-6-11-19/h1-13,20,26H,14-17H2/q+1. The van der Waals surface area contributed by atoms with Gasteiger partial charge in [0.1, 0.15) is 12.1 Å². The van der Waals surface area contributed by atoms with E-state index in [4.69, 9.17) is 0 Å². The molecule has 3 aromatic rings. The van der Waals surface area contributed by atoms with Gasteiger partial charge in [-0.1, -0.05) is 60.7 Å². The van der Waals surface area contributed by atoms with Gasteiger partial charge in [-0.25, -0.2) is 0 Å². The van der Waals surface area contributed by atoms with Crippen LogP contribution in [-0.4, -0.2) is 28.6 Å². The summed E-state index contributed by atoms with van der Waals surface area (Å²) in [5, 5.41) is 9.95. The third-order valence-corrected chi connectivity index (χ3v) is 5.16. The smallest absolute Gasteiger partial charge is 0.261 e. The molecule has 0 bridgehead atoms. The number of hydrogen-bond acceptors (Lipinski definition) is 2. The number of aliphatic hydroxyl groups excluding tert-OH is 1. The van der Waals surface area contributed by atoms with E-state index in [-0.39, 0.29) is 18.6 Å². The van der Waals surface area contributed by atoms with Gasteiger partial charge in [-0.05, 0) is 18.1 Å². The van der Waals surface area contributed by atoms with E-state index >= 15 is 0 Å². The Morgan fingerprint density at radius 2 is 1.59 bits per heavy atom. The molecular weight excluding hydrogens is 336 g/mol. The van der Waals surface area contributed by atoms with Crippen LogP contribution in [0.5, 0.6) is 0 Å². The maximum absolute atomic E-state index is 13.0. The molecule has 1 N–H and O–H groups in total. The highest BCUT2D eigenvalue weighted by Gasteiger charge is 2.38. The van der Waals surface area contributed by atoms with E-state index in [1.807, 2.05) is 66.9 Å². The van der Waals surface area contributed by atoms with Crippen molar-refractivity contribution in [2.24, 2.45) is 0 Å². The summed E-state index contributed by atoms with van der Waals surface area (Å²) in [4.78, 5) is 14.8. The van der Waals surface area contributed by atoms with Gasteiger partial charge in [0.15, 0.2) is 12.7 Å². The first-order valence-corrected chi connectivity index (χ1v) is 9.27. The van der Waals surface area contributed by atoms with E-state index < -0.39 is 0 Å². The number of aromatic nitrogens is 1. The number of pyridine rings is 1. The van der Waals surface area contributed by atoms with Crippen molar-refractivity contribution in [3.8, 4) is 0 Å². The molecule has 136 valence electrons. The first kappa shape index (κ1) is 17.4. The minimum Gasteiger partial charge on any atom is -0.394 e. The summed E-state index contributed by atoms with van der Waals surface area (Å²) in [7, 11) is 0. The zero-order chi connectivity index (χ0) is 18.6. The maximum atomic E-state index is 13.0. The molecule has 0 spiro atoms. The minimum absolute atomic E-state index is 0.00222. The average molecular weight is 359 g/mol. The summed E-state index contributed by atoms with van der Waals surface area (Å²) < 4.78 is 2.14. The number of amides is 1. The van der Waals surface area contributed by atoms with Crippen molar-refractivity contribution in [1.29, 1.82) is 0 Å². The van der Waals surface area contributed by atoms with Crippen molar-refractivity contribution in [2.45, 2.75) is 25.6 Å². The second kappa shape index (κ2) is 7.72. The molecular formula is C23H23N2O2+. The number of carbonyl (C=O) groups excluding carboxylic acids is 1. The first-order valence-electron chi connectivity index (χ1n) is 9.27. The average Bonchev–Trinajstić information content (AvgIpc) is 3.05. The van der Waals surface area contributed by atoms with E-state index in [0.29, 0.717) is 13.0 Å². The molecule has 1 amide bonds. The highest BCUT2D eigenvalue weighted by atomic mass is 16.3. The Kier molecular flexibility index (Phi) is 4.99. The van der Waals surface area contributed by atoms with E-state index in [1.54, 1.807) is 4.90 Å². The van der Waals surface area contributed by atoms with Crippen LogP contribution >= 0.6 is 0 Å². The molecule has 0 saturated heterocycles. The molecule has 1 aromatic heterocycles. The molecule has 2 aromatic carbocycles. The number of fused-ring (bicyclic) bond motifs is 1. The van der Waals surface area contributed by atoms with Crippen LogP contribution in [0.4, 0.5) is 0 Å². The Hall–Kier alpha value is -2.98. The van der Waals surface area contributed by atoms with Gasteiger partial charge >= 0.3 is 0 Å². The van der Waals surface area contributed by atoms with Crippen molar-refractivity contribution in [1.82, 2.24) is 4.90 Å². The van der Waals surface area contributed by atoms with Gasteiger partial charge in [-0.15, -0.1) is 0 Å². The molecule has 4 heteroatoms. The fraction of sp³-hybridized carbons (Fsp3) is 0.217. The topological polar surface area (TPSA) is 44.4 Å². The summed E-state index contributed by atoms with van der Waals surface area (Å²) in [6.07, 6.45) is 2.67. The molecule has 4 rings (SSSR count). The van der Waals surface area contributed by atoms with Crippen LogP contribution in [0.3, 0.4) is 0 Å². The third-order valence-electron chi connectivity index (χ3n) is 5.16.